The first kappa shape index (κ1) is 11.7. The van der Waals surface area contributed by atoms with Crippen LogP contribution in [0.5, 0.6) is 11.5 Å². The van der Waals surface area contributed by atoms with E-state index in [2.05, 4.69) is 10.3 Å². The van der Waals surface area contributed by atoms with E-state index in [1.165, 1.54) is 0 Å². The van der Waals surface area contributed by atoms with Crippen molar-refractivity contribution in [2.75, 3.05) is 27.3 Å². The number of methoxy groups -OCH3 is 2. The number of aliphatic imine (C=N–C) groups is 1. The molecule has 1 atom stereocenters. The molecule has 0 saturated heterocycles. The Morgan fingerprint density at radius 3 is 2.35 bits per heavy atom. The van der Waals surface area contributed by atoms with E-state index in [-0.39, 0.29) is 0 Å². The Balaban J connectivity index is 2.30. The fourth-order valence-corrected chi connectivity index (χ4v) is 1.74. The fourth-order valence-electron chi connectivity index (χ4n) is 1.74. The smallest absolute Gasteiger partial charge is 0.136 e. The van der Waals surface area contributed by atoms with Gasteiger partial charge < -0.3 is 19.9 Å². The van der Waals surface area contributed by atoms with Crippen molar-refractivity contribution in [2.45, 2.75) is 6.10 Å². The fraction of sp³-hybridized carbons (Fsp3) is 0.417. The van der Waals surface area contributed by atoms with Crippen LogP contribution in [0.15, 0.2) is 23.2 Å². The van der Waals surface area contributed by atoms with Gasteiger partial charge >= 0.3 is 0 Å². The van der Waals surface area contributed by atoms with Crippen LogP contribution in [0.3, 0.4) is 0 Å². The van der Waals surface area contributed by atoms with Gasteiger partial charge in [0.05, 0.1) is 20.8 Å². The van der Waals surface area contributed by atoms with Gasteiger partial charge in [0, 0.05) is 12.6 Å². The molecule has 5 nitrogen and oxygen atoms in total. The predicted octanol–water partition coefficient (Wildman–Crippen LogP) is 0.739. The second-order valence-corrected chi connectivity index (χ2v) is 3.74. The Kier molecular flexibility index (Phi) is 3.49. The van der Waals surface area contributed by atoms with Crippen LogP contribution in [-0.2, 0) is 0 Å². The van der Waals surface area contributed by atoms with E-state index in [1.807, 2.05) is 0 Å². The Hall–Kier alpha value is -1.75. The molecule has 0 bridgehead atoms. The maximum atomic E-state index is 10.2. The van der Waals surface area contributed by atoms with Gasteiger partial charge in [-0.1, -0.05) is 0 Å². The zero-order valence-electron chi connectivity index (χ0n) is 9.93. The number of rotatable bonds is 4. The molecule has 1 aliphatic rings. The van der Waals surface area contributed by atoms with E-state index >= 15 is 0 Å². The van der Waals surface area contributed by atoms with Crippen LogP contribution in [0.25, 0.3) is 0 Å². The topological polar surface area (TPSA) is 63.1 Å². The van der Waals surface area contributed by atoms with Crippen LogP contribution < -0.4 is 14.8 Å². The standard InChI is InChI=1S/C12H16N2O3/c1-16-9-5-8(6-10(7-9)17-2)11(15)12-13-3-4-14-12/h5-7,11,15H,3-4H2,1-2H3,(H,13,14). The van der Waals surface area contributed by atoms with E-state index in [0.717, 1.165) is 6.54 Å². The third kappa shape index (κ3) is 2.50. The van der Waals surface area contributed by atoms with Crippen molar-refractivity contribution in [3.63, 3.8) is 0 Å². The maximum Gasteiger partial charge on any atom is 0.136 e. The van der Waals surface area contributed by atoms with Gasteiger partial charge in [0.15, 0.2) is 0 Å². The normalized spacial score (nSPS) is 16.1. The molecule has 1 unspecified atom stereocenters. The number of hydrogen-bond acceptors (Lipinski definition) is 5. The van der Waals surface area contributed by atoms with Crippen molar-refractivity contribution >= 4 is 5.84 Å². The summed E-state index contributed by atoms with van der Waals surface area (Å²) in [7, 11) is 3.16. The number of aliphatic hydroxyl groups excluding tert-OH is 1. The van der Waals surface area contributed by atoms with Crippen molar-refractivity contribution in [3.05, 3.63) is 23.8 Å². The predicted molar refractivity (Wildman–Crippen MR) is 64.8 cm³/mol. The third-order valence-electron chi connectivity index (χ3n) is 2.65. The number of ether oxygens (including phenoxy) is 2. The lowest BCUT2D eigenvalue weighted by atomic mass is 10.1. The molecule has 0 amide bonds. The molecule has 0 aromatic heterocycles. The Morgan fingerprint density at radius 2 is 1.88 bits per heavy atom. The molecule has 17 heavy (non-hydrogen) atoms. The van der Waals surface area contributed by atoms with Crippen molar-refractivity contribution in [3.8, 4) is 11.5 Å². The van der Waals surface area contributed by atoms with Gasteiger partial charge in [0.2, 0.25) is 0 Å². The first-order valence-electron chi connectivity index (χ1n) is 5.44. The van der Waals surface area contributed by atoms with E-state index in [4.69, 9.17) is 9.47 Å². The molecule has 5 heteroatoms. The monoisotopic (exact) mass is 236 g/mol. The summed E-state index contributed by atoms with van der Waals surface area (Å²) < 4.78 is 10.3. The van der Waals surface area contributed by atoms with Crippen LogP contribution in [-0.4, -0.2) is 38.3 Å². The van der Waals surface area contributed by atoms with Crippen molar-refractivity contribution in [2.24, 2.45) is 4.99 Å². The highest BCUT2D eigenvalue weighted by Gasteiger charge is 2.19. The molecule has 1 heterocycles. The Bertz CT molecular complexity index is 410. The van der Waals surface area contributed by atoms with Crippen LogP contribution >= 0.6 is 0 Å². The van der Waals surface area contributed by atoms with Gasteiger partial charge in [-0.05, 0) is 17.7 Å². The summed E-state index contributed by atoms with van der Waals surface area (Å²) in [4.78, 5) is 4.20. The molecule has 1 aromatic rings. The summed E-state index contributed by atoms with van der Waals surface area (Å²) in [5.41, 5.74) is 0.703. The van der Waals surface area contributed by atoms with E-state index in [9.17, 15) is 5.11 Å². The molecular formula is C12H16N2O3. The van der Waals surface area contributed by atoms with Gasteiger partial charge in [0.25, 0.3) is 0 Å². The number of aliphatic hydroxyl groups is 1. The minimum absolute atomic E-state index is 0.598. The maximum absolute atomic E-state index is 10.2. The number of hydrogen-bond donors (Lipinski definition) is 2. The summed E-state index contributed by atoms with van der Waals surface area (Å²) in [6.07, 6.45) is -0.763. The highest BCUT2D eigenvalue weighted by Crippen LogP contribution is 2.27. The summed E-state index contributed by atoms with van der Waals surface area (Å²) in [6, 6.07) is 5.31. The van der Waals surface area contributed by atoms with Crippen LogP contribution in [0.1, 0.15) is 11.7 Å². The molecule has 1 aliphatic heterocycles. The zero-order chi connectivity index (χ0) is 12.3. The van der Waals surface area contributed by atoms with Crippen LogP contribution in [0.4, 0.5) is 0 Å². The van der Waals surface area contributed by atoms with E-state index in [0.29, 0.717) is 29.4 Å². The highest BCUT2D eigenvalue weighted by molar-refractivity contribution is 5.88. The lowest BCUT2D eigenvalue weighted by Gasteiger charge is -2.14. The van der Waals surface area contributed by atoms with Crippen LogP contribution in [0, 0.1) is 0 Å². The van der Waals surface area contributed by atoms with Gasteiger partial charge in [-0.15, -0.1) is 0 Å². The number of nitrogens with one attached hydrogen (secondary N) is 1. The molecule has 0 saturated carbocycles. The first-order chi connectivity index (χ1) is 8.24. The Morgan fingerprint density at radius 1 is 1.24 bits per heavy atom. The molecule has 92 valence electrons. The van der Waals surface area contributed by atoms with E-state index in [1.54, 1.807) is 32.4 Å². The molecule has 0 aliphatic carbocycles. The minimum Gasteiger partial charge on any atom is -0.497 e. The molecular weight excluding hydrogens is 220 g/mol. The number of amidine groups is 1. The molecule has 2 N–H and O–H groups in total. The van der Waals surface area contributed by atoms with Gasteiger partial charge in [0.1, 0.15) is 23.4 Å². The second kappa shape index (κ2) is 5.05. The largest absolute Gasteiger partial charge is 0.497 e. The van der Waals surface area contributed by atoms with Crippen molar-refractivity contribution in [1.29, 1.82) is 0 Å². The first-order valence-corrected chi connectivity index (χ1v) is 5.44. The van der Waals surface area contributed by atoms with Gasteiger partial charge in [-0.25, -0.2) is 0 Å². The van der Waals surface area contributed by atoms with Crippen molar-refractivity contribution < 1.29 is 14.6 Å². The summed E-state index contributed by atoms with van der Waals surface area (Å²) in [5, 5.41) is 13.2. The molecule has 2 rings (SSSR count). The minimum atomic E-state index is -0.763. The van der Waals surface area contributed by atoms with E-state index < -0.39 is 6.10 Å². The highest BCUT2D eigenvalue weighted by atomic mass is 16.5. The third-order valence-corrected chi connectivity index (χ3v) is 2.65. The zero-order valence-corrected chi connectivity index (χ0v) is 9.93. The summed E-state index contributed by atoms with van der Waals surface area (Å²) in [5.74, 6) is 1.90. The number of nitrogens with zero attached hydrogens (tertiary/aromatic N) is 1. The Labute approximate surface area is 100 Å². The SMILES string of the molecule is COc1cc(OC)cc(C(O)C2=NCCN2)c1. The summed E-state index contributed by atoms with van der Waals surface area (Å²) >= 11 is 0. The molecule has 0 fully saturated rings. The van der Waals surface area contributed by atoms with Crippen molar-refractivity contribution in [1.82, 2.24) is 5.32 Å². The molecule has 0 radical (unpaired) electrons. The second-order valence-electron chi connectivity index (χ2n) is 3.74. The van der Waals surface area contributed by atoms with Gasteiger partial charge in [-0.3, -0.25) is 4.99 Å². The quantitative estimate of drug-likeness (QED) is 0.809. The average molecular weight is 236 g/mol. The van der Waals surface area contributed by atoms with Gasteiger partial charge in [-0.2, -0.15) is 0 Å². The summed E-state index contributed by atoms with van der Waals surface area (Å²) in [6.45, 7) is 1.47. The number of benzene rings is 1. The lowest BCUT2D eigenvalue weighted by Crippen LogP contribution is -2.25. The molecule has 1 aromatic carbocycles. The lowest BCUT2D eigenvalue weighted by molar-refractivity contribution is 0.243. The molecule has 0 spiro atoms. The van der Waals surface area contributed by atoms with Crippen LogP contribution in [0.2, 0.25) is 0 Å². The average Bonchev–Trinajstić information content (AvgIpc) is 2.91.